The van der Waals surface area contributed by atoms with E-state index in [1.54, 1.807) is 0 Å². The zero-order valence-electron chi connectivity index (χ0n) is 19.6. The van der Waals surface area contributed by atoms with E-state index in [1.807, 2.05) is 0 Å². The lowest BCUT2D eigenvalue weighted by Gasteiger charge is -2.63. The van der Waals surface area contributed by atoms with Gasteiger partial charge in [-0.25, -0.2) is 0 Å². The Kier molecular flexibility index (Phi) is 5.74. The van der Waals surface area contributed by atoms with Gasteiger partial charge >= 0.3 is 0 Å². The van der Waals surface area contributed by atoms with E-state index in [4.69, 9.17) is 0 Å². The van der Waals surface area contributed by atoms with E-state index in [-0.39, 0.29) is 11.0 Å². The SMILES string of the molecule is CC(C)CCC[C@@H](C)C1CCC2C3CC[C@@]4(O)CCCCC4(C)C3CCC21C. The van der Waals surface area contributed by atoms with Gasteiger partial charge in [-0.1, -0.05) is 66.7 Å². The van der Waals surface area contributed by atoms with Crippen LogP contribution in [0.2, 0.25) is 0 Å². The van der Waals surface area contributed by atoms with Gasteiger partial charge in [-0.05, 0) is 97.7 Å². The molecule has 6 unspecified atom stereocenters. The molecule has 4 aliphatic rings. The summed E-state index contributed by atoms with van der Waals surface area (Å²) >= 11 is 0. The summed E-state index contributed by atoms with van der Waals surface area (Å²) < 4.78 is 0. The predicted molar refractivity (Wildman–Crippen MR) is 119 cm³/mol. The van der Waals surface area contributed by atoms with Crippen molar-refractivity contribution in [1.29, 1.82) is 0 Å². The summed E-state index contributed by atoms with van der Waals surface area (Å²) in [7, 11) is 0. The van der Waals surface area contributed by atoms with E-state index in [2.05, 4.69) is 34.6 Å². The molecular formula is C27H48O. The summed E-state index contributed by atoms with van der Waals surface area (Å²) in [5, 5.41) is 11.6. The molecule has 0 amide bonds. The average Bonchev–Trinajstić information content (AvgIpc) is 2.99. The number of fused-ring (bicyclic) bond motifs is 5. The Hall–Kier alpha value is -0.0400. The number of rotatable bonds is 5. The maximum Gasteiger partial charge on any atom is 0.0703 e. The molecule has 0 bridgehead atoms. The summed E-state index contributed by atoms with van der Waals surface area (Å²) in [5.74, 6) is 5.33. The van der Waals surface area contributed by atoms with Crippen LogP contribution in [0.3, 0.4) is 0 Å². The van der Waals surface area contributed by atoms with E-state index in [1.165, 1.54) is 70.6 Å². The average molecular weight is 389 g/mol. The topological polar surface area (TPSA) is 20.2 Å². The second-order valence-corrected chi connectivity index (χ2v) is 12.6. The molecule has 4 aliphatic carbocycles. The fraction of sp³-hybridized carbons (Fsp3) is 1.00. The van der Waals surface area contributed by atoms with Crippen molar-refractivity contribution in [3.8, 4) is 0 Å². The third kappa shape index (κ3) is 3.21. The van der Waals surface area contributed by atoms with Crippen molar-refractivity contribution >= 4 is 0 Å². The monoisotopic (exact) mass is 388 g/mol. The first-order valence-electron chi connectivity index (χ1n) is 12.9. The molecule has 162 valence electrons. The van der Waals surface area contributed by atoms with Crippen LogP contribution in [0.25, 0.3) is 0 Å². The Balaban J connectivity index is 1.49. The summed E-state index contributed by atoms with van der Waals surface area (Å²) in [6, 6.07) is 0. The molecule has 1 nitrogen and oxygen atoms in total. The number of hydrogen-bond acceptors (Lipinski definition) is 1. The molecule has 4 rings (SSSR count). The van der Waals surface area contributed by atoms with Crippen molar-refractivity contribution in [3.63, 3.8) is 0 Å². The Bertz CT molecular complexity index is 554. The van der Waals surface area contributed by atoms with Gasteiger partial charge in [-0.15, -0.1) is 0 Å². The second kappa shape index (κ2) is 7.58. The highest BCUT2D eigenvalue weighted by molar-refractivity contribution is 5.13. The van der Waals surface area contributed by atoms with Crippen molar-refractivity contribution < 1.29 is 5.11 Å². The van der Waals surface area contributed by atoms with E-state index in [9.17, 15) is 5.11 Å². The van der Waals surface area contributed by atoms with E-state index >= 15 is 0 Å². The van der Waals surface area contributed by atoms with Crippen LogP contribution in [0.15, 0.2) is 0 Å². The molecule has 1 heteroatoms. The minimum Gasteiger partial charge on any atom is -0.389 e. The molecule has 8 atom stereocenters. The highest BCUT2D eigenvalue weighted by Gasteiger charge is 2.63. The molecule has 0 aromatic rings. The predicted octanol–water partition coefficient (Wildman–Crippen LogP) is 7.61. The Labute approximate surface area is 175 Å². The van der Waals surface area contributed by atoms with Crippen LogP contribution in [-0.4, -0.2) is 10.7 Å². The van der Waals surface area contributed by atoms with Gasteiger partial charge in [0.1, 0.15) is 0 Å². The fourth-order valence-corrected chi connectivity index (χ4v) is 9.28. The van der Waals surface area contributed by atoms with Gasteiger partial charge in [0.25, 0.3) is 0 Å². The number of aliphatic hydroxyl groups is 1. The van der Waals surface area contributed by atoms with Crippen molar-refractivity contribution in [2.75, 3.05) is 0 Å². The Morgan fingerprint density at radius 1 is 0.821 bits per heavy atom. The molecule has 4 fully saturated rings. The van der Waals surface area contributed by atoms with Crippen molar-refractivity contribution in [2.24, 2.45) is 46.3 Å². The molecular weight excluding hydrogens is 340 g/mol. The maximum absolute atomic E-state index is 11.6. The van der Waals surface area contributed by atoms with Crippen LogP contribution >= 0.6 is 0 Å². The summed E-state index contributed by atoms with van der Waals surface area (Å²) in [6.07, 6.45) is 17.4. The molecule has 4 saturated carbocycles. The lowest BCUT2D eigenvalue weighted by molar-refractivity contribution is -0.205. The molecule has 0 aromatic carbocycles. The van der Waals surface area contributed by atoms with Crippen molar-refractivity contribution in [3.05, 3.63) is 0 Å². The van der Waals surface area contributed by atoms with Gasteiger partial charge in [-0.2, -0.15) is 0 Å². The lowest BCUT2D eigenvalue weighted by atomic mass is 9.43. The zero-order chi connectivity index (χ0) is 20.2. The normalized spacial score (nSPS) is 49.4. The molecule has 0 aromatic heterocycles. The van der Waals surface area contributed by atoms with Crippen LogP contribution in [0, 0.1) is 46.3 Å². The zero-order valence-corrected chi connectivity index (χ0v) is 19.6. The smallest absolute Gasteiger partial charge is 0.0703 e. The van der Waals surface area contributed by atoms with Gasteiger partial charge in [0, 0.05) is 0 Å². The highest BCUT2D eigenvalue weighted by Crippen LogP contribution is 2.69. The lowest BCUT2D eigenvalue weighted by Crippen LogP contribution is -2.61. The summed E-state index contributed by atoms with van der Waals surface area (Å²) in [4.78, 5) is 0. The minimum absolute atomic E-state index is 0.205. The minimum atomic E-state index is -0.345. The van der Waals surface area contributed by atoms with Gasteiger partial charge < -0.3 is 5.11 Å². The molecule has 0 spiro atoms. The Morgan fingerprint density at radius 3 is 2.32 bits per heavy atom. The van der Waals surface area contributed by atoms with E-state index in [0.29, 0.717) is 5.41 Å². The van der Waals surface area contributed by atoms with Gasteiger partial charge in [0.2, 0.25) is 0 Å². The first-order valence-corrected chi connectivity index (χ1v) is 12.9. The first-order chi connectivity index (χ1) is 13.2. The van der Waals surface area contributed by atoms with Crippen LogP contribution in [0.4, 0.5) is 0 Å². The van der Waals surface area contributed by atoms with Crippen molar-refractivity contribution in [2.45, 2.75) is 124 Å². The number of hydrogen-bond donors (Lipinski definition) is 1. The molecule has 0 aliphatic heterocycles. The molecule has 0 radical (unpaired) electrons. The van der Waals surface area contributed by atoms with Crippen LogP contribution < -0.4 is 0 Å². The largest absolute Gasteiger partial charge is 0.389 e. The van der Waals surface area contributed by atoms with Gasteiger partial charge in [0.05, 0.1) is 5.60 Å². The highest BCUT2D eigenvalue weighted by atomic mass is 16.3. The van der Waals surface area contributed by atoms with Crippen LogP contribution in [0.1, 0.15) is 118 Å². The molecule has 0 heterocycles. The van der Waals surface area contributed by atoms with Gasteiger partial charge in [-0.3, -0.25) is 0 Å². The standard InChI is InChI=1S/C27H48O/c1-19(2)9-8-10-20(3)22-11-12-23-21-13-18-27(28)16-7-6-15-26(27,5)24(21)14-17-25(22,23)4/h19-24,28H,6-18H2,1-5H3/t20-,21?,22?,23?,24?,25?,26?,27+/m1/s1. The van der Waals surface area contributed by atoms with Crippen LogP contribution in [0.5, 0.6) is 0 Å². The first kappa shape index (κ1) is 21.2. The molecule has 28 heavy (non-hydrogen) atoms. The van der Waals surface area contributed by atoms with E-state index < -0.39 is 0 Å². The Morgan fingerprint density at radius 2 is 1.57 bits per heavy atom. The van der Waals surface area contributed by atoms with Crippen molar-refractivity contribution in [1.82, 2.24) is 0 Å². The van der Waals surface area contributed by atoms with Gasteiger partial charge in [0.15, 0.2) is 0 Å². The molecule has 0 saturated heterocycles. The second-order valence-electron chi connectivity index (χ2n) is 12.6. The maximum atomic E-state index is 11.6. The third-order valence-corrected chi connectivity index (χ3v) is 10.9. The molecule has 1 N–H and O–H groups in total. The fourth-order valence-electron chi connectivity index (χ4n) is 9.28. The summed E-state index contributed by atoms with van der Waals surface area (Å²) in [5.41, 5.74) is 0.442. The van der Waals surface area contributed by atoms with Crippen LogP contribution in [-0.2, 0) is 0 Å². The quantitative estimate of drug-likeness (QED) is 0.513. The van der Waals surface area contributed by atoms with E-state index in [0.717, 1.165) is 48.3 Å². The third-order valence-electron chi connectivity index (χ3n) is 10.9. The summed E-state index contributed by atoms with van der Waals surface area (Å²) in [6.45, 7) is 12.5.